The van der Waals surface area contributed by atoms with Gasteiger partial charge in [-0.25, -0.2) is 0 Å². The third kappa shape index (κ3) is 3.15. The summed E-state index contributed by atoms with van der Waals surface area (Å²) in [4.78, 5) is 39.2. The number of aryl methyl sites for hydroxylation is 1. The van der Waals surface area contributed by atoms with Gasteiger partial charge in [-0.15, -0.1) is 24.4 Å². The fourth-order valence-electron chi connectivity index (χ4n) is 3.84. The normalized spacial score (nSPS) is 24.8. The first-order valence-electron chi connectivity index (χ1n) is 8.88. The van der Waals surface area contributed by atoms with E-state index in [0.717, 1.165) is 0 Å². The molecule has 0 saturated carbocycles. The number of hydrogen-bond donors (Lipinski definition) is 2. The molecule has 1 aromatic carbocycles. The highest BCUT2D eigenvalue weighted by atomic mass is 35.5. The number of nitrogens with zero attached hydrogens (tertiary/aromatic N) is 2. The number of rotatable bonds is 4. The third-order valence-electron chi connectivity index (χ3n) is 5.18. The molecule has 10 heteroatoms. The lowest BCUT2D eigenvalue weighted by Gasteiger charge is -2.43. The quantitative estimate of drug-likeness (QED) is 0.548. The Hall–Kier alpha value is -1.97. The number of amides is 2. The summed E-state index contributed by atoms with van der Waals surface area (Å²) >= 11 is 11.7. The fourth-order valence-corrected chi connectivity index (χ4v) is 6.23. The zero-order chi connectivity index (χ0) is 21.1. The molecule has 4 rings (SSSR count). The maximum Gasteiger partial charge on any atom is 0.257 e. The highest BCUT2D eigenvalue weighted by Gasteiger charge is 2.63. The molecule has 2 aromatic rings. The van der Waals surface area contributed by atoms with E-state index in [1.54, 1.807) is 31.2 Å². The van der Waals surface area contributed by atoms with Gasteiger partial charge in [-0.1, -0.05) is 35.0 Å². The van der Waals surface area contributed by atoms with Gasteiger partial charge in [-0.05, 0) is 26.8 Å². The Morgan fingerprint density at radius 1 is 1.34 bits per heavy atom. The molecule has 2 aliphatic heterocycles. The van der Waals surface area contributed by atoms with Crippen molar-refractivity contribution >= 4 is 52.9 Å². The smallest absolute Gasteiger partial charge is 0.257 e. The number of carbonyl (C=O) groups excluding carboxylic acids is 3. The Bertz CT molecular complexity index is 1040. The molecule has 0 aliphatic carbocycles. The van der Waals surface area contributed by atoms with Crippen molar-refractivity contribution in [1.82, 2.24) is 15.4 Å². The molecule has 1 N–H and O–H groups in total. The summed E-state index contributed by atoms with van der Waals surface area (Å²) in [5, 5.41) is 6.51. The van der Waals surface area contributed by atoms with Crippen molar-refractivity contribution < 1.29 is 18.9 Å². The summed E-state index contributed by atoms with van der Waals surface area (Å²) in [5.41, 5.74) is 1.11. The van der Waals surface area contributed by atoms with Crippen LogP contribution in [0.3, 0.4) is 0 Å². The summed E-state index contributed by atoms with van der Waals surface area (Å²) in [6, 6.07) is 5.63. The molecule has 7 nitrogen and oxygen atoms in total. The Labute approximate surface area is 181 Å². The number of nitrogens with one attached hydrogen (secondary N) is 1. The fraction of sp³-hybridized carbons (Fsp3) is 0.368. The Kier molecular flexibility index (Phi) is 4.95. The molecule has 2 aliphatic rings. The van der Waals surface area contributed by atoms with Gasteiger partial charge in [0.1, 0.15) is 34.5 Å². The first-order chi connectivity index (χ1) is 13.6. The van der Waals surface area contributed by atoms with E-state index in [4.69, 9.17) is 16.1 Å². The summed E-state index contributed by atoms with van der Waals surface area (Å²) < 4.78 is 4.74. The predicted molar refractivity (Wildman–Crippen MR) is 113 cm³/mol. The highest BCUT2D eigenvalue weighted by Crippen LogP contribution is 2.51. The van der Waals surface area contributed by atoms with Crippen molar-refractivity contribution in [3.63, 3.8) is 0 Å². The van der Waals surface area contributed by atoms with Crippen molar-refractivity contribution in [2.45, 2.75) is 43.0 Å². The van der Waals surface area contributed by atoms with Crippen molar-refractivity contribution in [1.29, 1.82) is 0 Å². The van der Waals surface area contributed by atoms with Crippen molar-refractivity contribution in [3.05, 3.63) is 40.6 Å². The van der Waals surface area contributed by atoms with E-state index in [1.165, 1.54) is 16.7 Å². The predicted octanol–water partition coefficient (Wildman–Crippen LogP) is 2.92. The molecule has 2 amide bonds. The average Bonchev–Trinajstić information content (AvgIpc) is 3.15. The van der Waals surface area contributed by atoms with Gasteiger partial charge in [0.25, 0.3) is 5.91 Å². The van der Waals surface area contributed by atoms with E-state index in [1.807, 2.05) is 13.8 Å². The summed E-state index contributed by atoms with van der Waals surface area (Å²) in [6.07, 6.45) is 0. The monoisotopic (exact) mass is 451 g/mol. The van der Waals surface area contributed by atoms with Crippen LogP contribution in [0.4, 0.5) is 0 Å². The summed E-state index contributed by atoms with van der Waals surface area (Å²) in [7, 11) is 0. The number of thiol groups is 1. The zero-order valence-electron chi connectivity index (χ0n) is 15.8. The molecule has 0 radical (unpaired) electrons. The van der Waals surface area contributed by atoms with Gasteiger partial charge in [0.05, 0.1) is 5.02 Å². The lowest BCUT2D eigenvalue weighted by molar-refractivity contribution is -0.150. The molecule has 29 heavy (non-hydrogen) atoms. The van der Waals surface area contributed by atoms with Crippen molar-refractivity contribution in [2.24, 2.45) is 0 Å². The van der Waals surface area contributed by atoms with E-state index < -0.39 is 22.7 Å². The second-order valence-corrected chi connectivity index (χ2v) is 10.1. The standard InChI is InChI=1S/C19H18ClN3O4S2/c1-8-11(12(22-27-8)9-6-4-5-7-10(9)20)15(24)21-13-16(25)23-14(18(26)28)19(2,3)29-17(13)23/h4-7,13-14,17H,1-3H3,(H,21,24)(H,26,28)/t13-,14?,17-/m1/s1. The second-order valence-electron chi connectivity index (χ2n) is 7.49. The Morgan fingerprint density at radius 3 is 2.69 bits per heavy atom. The topological polar surface area (TPSA) is 92.5 Å². The molecule has 2 saturated heterocycles. The van der Waals surface area contributed by atoms with Crippen LogP contribution >= 0.6 is 36.0 Å². The van der Waals surface area contributed by atoms with Gasteiger partial charge < -0.3 is 14.7 Å². The molecular weight excluding hydrogens is 434 g/mol. The van der Waals surface area contributed by atoms with Gasteiger partial charge >= 0.3 is 0 Å². The Morgan fingerprint density at radius 2 is 2.03 bits per heavy atom. The van der Waals surface area contributed by atoms with Gasteiger partial charge in [0.2, 0.25) is 11.0 Å². The summed E-state index contributed by atoms with van der Waals surface area (Å²) in [6.45, 7) is 5.40. The lowest BCUT2D eigenvalue weighted by Crippen LogP contribution is -2.70. The van der Waals surface area contributed by atoms with Crippen LogP contribution in [-0.4, -0.2) is 49.2 Å². The number of fused-ring (bicyclic) bond motifs is 1. The van der Waals surface area contributed by atoms with E-state index in [-0.39, 0.29) is 22.0 Å². The van der Waals surface area contributed by atoms with Crippen LogP contribution in [-0.2, 0) is 9.59 Å². The number of benzene rings is 1. The molecule has 1 unspecified atom stereocenters. The first-order valence-corrected chi connectivity index (χ1v) is 10.6. The molecule has 3 heterocycles. The number of hydrogen-bond acceptors (Lipinski definition) is 6. The first kappa shape index (κ1) is 20.3. The number of thioether (sulfide) groups is 1. The summed E-state index contributed by atoms with van der Waals surface area (Å²) in [5.74, 6) is -0.457. The molecule has 0 bridgehead atoms. The molecular formula is C19H18ClN3O4S2. The van der Waals surface area contributed by atoms with Gasteiger partial charge in [-0.2, -0.15) is 0 Å². The third-order valence-corrected chi connectivity index (χ3v) is 7.33. The molecule has 152 valence electrons. The number of aromatic nitrogens is 1. The number of carbonyl (C=O) groups is 3. The minimum Gasteiger partial charge on any atom is -0.360 e. The molecule has 3 atom stereocenters. The zero-order valence-corrected chi connectivity index (χ0v) is 18.3. The van der Waals surface area contributed by atoms with Crippen LogP contribution < -0.4 is 5.32 Å². The number of halogens is 1. The SMILES string of the molecule is Cc1onc(-c2ccccc2Cl)c1C(=O)N[C@@H]1C(=O)N2C(C(=O)S)C(C)(C)S[C@H]12. The molecule has 2 fully saturated rings. The minimum absolute atomic E-state index is 0.230. The largest absolute Gasteiger partial charge is 0.360 e. The van der Waals surface area contributed by atoms with Crippen LogP contribution in [0.2, 0.25) is 5.02 Å². The highest BCUT2D eigenvalue weighted by molar-refractivity contribution is 8.02. The Balaban J connectivity index is 1.60. The lowest BCUT2D eigenvalue weighted by atomic mass is 9.96. The maximum absolute atomic E-state index is 13.0. The van der Waals surface area contributed by atoms with Gasteiger partial charge in [-0.3, -0.25) is 14.4 Å². The van der Waals surface area contributed by atoms with Gasteiger partial charge in [0.15, 0.2) is 0 Å². The van der Waals surface area contributed by atoms with Crippen LogP contribution in [0.5, 0.6) is 0 Å². The van der Waals surface area contributed by atoms with Crippen LogP contribution in [0.1, 0.15) is 30.0 Å². The van der Waals surface area contributed by atoms with E-state index in [9.17, 15) is 14.4 Å². The number of β-lactam (4-membered cyclic amide) rings is 1. The van der Waals surface area contributed by atoms with Crippen LogP contribution in [0.25, 0.3) is 11.3 Å². The van der Waals surface area contributed by atoms with Crippen LogP contribution in [0, 0.1) is 6.92 Å². The van der Waals surface area contributed by atoms with E-state index in [0.29, 0.717) is 22.0 Å². The van der Waals surface area contributed by atoms with Gasteiger partial charge in [0, 0.05) is 10.3 Å². The van der Waals surface area contributed by atoms with E-state index in [2.05, 4.69) is 23.1 Å². The second kappa shape index (κ2) is 7.07. The minimum atomic E-state index is -0.738. The van der Waals surface area contributed by atoms with E-state index >= 15 is 0 Å². The molecule has 0 spiro atoms. The average molecular weight is 452 g/mol. The molecule has 1 aromatic heterocycles. The van der Waals surface area contributed by atoms with Crippen molar-refractivity contribution in [3.8, 4) is 11.3 Å². The maximum atomic E-state index is 13.0. The van der Waals surface area contributed by atoms with Crippen LogP contribution in [0.15, 0.2) is 28.8 Å². The van der Waals surface area contributed by atoms with Crippen molar-refractivity contribution in [2.75, 3.05) is 0 Å².